The molecule has 0 atom stereocenters. The summed E-state index contributed by atoms with van der Waals surface area (Å²) in [6, 6.07) is 10.1. The number of hydrogen-bond donors (Lipinski definition) is 2. The smallest absolute Gasteiger partial charge is 0.256 e. The lowest BCUT2D eigenvalue weighted by molar-refractivity contribution is 0.102. The number of benzene rings is 2. The van der Waals surface area contributed by atoms with Gasteiger partial charge in [0.15, 0.2) is 0 Å². The number of nitrogens with one attached hydrogen (secondary N) is 1. The van der Waals surface area contributed by atoms with Crippen molar-refractivity contribution in [3.63, 3.8) is 0 Å². The molecule has 19 heavy (non-hydrogen) atoms. The number of phenolic OH excluding ortho intramolecular Hbond substituents is 1. The Morgan fingerprint density at radius 1 is 1.26 bits per heavy atom. The van der Waals surface area contributed by atoms with E-state index in [1.807, 2.05) is 19.1 Å². The summed E-state index contributed by atoms with van der Waals surface area (Å²) in [6.07, 6.45) is 0. The van der Waals surface area contributed by atoms with Crippen molar-refractivity contribution >= 4 is 39.1 Å². The molecular formula is C14H11BrClNO2. The minimum Gasteiger partial charge on any atom is -0.506 e. The molecule has 3 nitrogen and oxygen atoms in total. The highest BCUT2D eigenvalue weighted by Crippen LogP contribution is 2.27. The number of phenols is 1. The van der Waals surface area contributed by atoms with Crippen molar-refractivity contribution in [2.45, 2.75) is 6.92 Å². The molecule has 2 rings (SSSR count). The first-order valence-corrected chi connectivity index (χ1v) is 6.70. The lowest BCUT2D eigenvalue weighted by atomic mass is 10.1. The van der Waals surface area contributed by atoms with E-state index in [0.717, 1.165) is 5.56 Å². The molecule has 2 aromatic carbocycles. The molecule has 0 bridgehead atoms. The number of amides is 1. The zero-order valence-electron chi connectivity index (χ0n) is 10.1. The van der Waals surface area contributed by atoms with Crippen LogP contribution in [0.15, 0.2) is 40.9 Å². The van der Waals surface area contributed by atoms with Gasteiger partial charge in [-0.3, -0.25) is 4.79 Å². The van der Waals surface area contributed by atoms with Crippen LogP contribution < -0.4 is 5.32 Å². The molecule has 1 amide bonds. The number of hydrogen-bond acceptors (Lipinski definition) is 2. The van der Waals surface area contributed by atoms with Gasteiger partial charge in [-0.2, -0.15) is 0 Å². The van der Waals surface area contributed by atoms with Gasteiger partial charge in [0.2, 0.25) is 0 Å². The summed E-state index contributed by atoms with van der Waals surface area (Å²) < 4.78 is 0.716. The molecule has 0 aliphatic heterocycles. The van der Waals surface area contributed by atoms with Crippen molar-refractivity contribution in [1.29, 1.82) is 0 Å². The highest BCUT2D eigenvalue weighted by Gasteiger charge is 2.11. The van der Waals surface area contributed by atoms with Crippen LogP contribution in [0.25, 0.3) is 0 Å². The van der Waals surface area contributed by atoms with E-state index in [9.17, 15) is 9.90 Å². The average Bonchev–Trinajstić information content (AvgIpc) is 2.36. The Morgan fingerprint density at radius 2 is 2.00 bits per heavy atom. The molecule has 98 valence electrons. The van der Waals surface area contributed by atoms with Crippen LogP contribution in [0, 0.1) is 6.92 Å². The van der Waals surface area contributed by atoms with Gasteiger partial charge in [0.05, 0.1) is 10.6 Å². The predicted octanol–water partition coefficient (Wildman–Crippen LogP) is 4.37. The molecule has 0 saturated heterocycles. The molecule has 5 heteroatoms. The molecule has 0 fully saturated rings. The monoisotopic (exact) mass is 339 g/mol. The Labute approximate surface area is 124 Å². The number of carbonyl (C=O) groups is 1. The summed E-state index contributed by atoms with van der Waals surface area (Å²) in [4.78, 5) is 12.1. The number of rotatable bonds is 2. The fraction of sp³-hybridized carbons (Fsp3) is 0.0714. The van der Waals surface area contributed by atoms with Crippen LogP contribution in [-0.4, -0.2) is 11.0 Å². The molecule has 0 unspecified atom stereocenters. The van der Waals surface area contributed by atoms with Crippen molar-refractivity contribution < 1.29 is 9.90 Å². The van der Waals surface area contributed by atoms with Crippen LogP contribution >= 0.6 is 27.5 Å². The molecule has 2 N–H and O–H groups in total. The number of carbonyl (C=O) groups excluding carboxylic acids is 1. The highest BCUT2D eigenvalue weighted by atomic mass is 79.9. The first-order chi connectivity index (χ1) is 8.97. The van der Waals surface area contributed by atoms with Gasteiger partial charge in [0.1, 0.15) is 5.75 Å². The zero-order chi connectivity index (χ0) is 14.0. The maximum absolute atomic E-state index is 12.1. The van der Waals surface area contributed by atoms with Gasteiger partial charge in [0, 0.05) is 16.2 Å². The molecule has 0 heterocycles. The molecule has 0 aromatic heterocycles. The van der Waals surface area contributed by atoms with Gasteiger partial charge in [-0.1, -0.05) is 23.2 Å². The summed E-state index contributed by atoms with van der Waals surface area (Å²) in [6.45, 7) is 1.91. The number of halogens is 2. The quantitative estimate of drug-likeness (QED) is 0.853. The summed E-state index contributed by atoms with van der Waals surface area (Å²) in [5, 5.41) is 12.4. The maximum Gasteiger partial charge on any atom is 0.256 e. The molecule has 0 spiro atoms. The van der Waals surface area contributed by atoms with Crippen molar-refractivity contribution in [2.75, 3.05) is 5.32 Å². The second kappa shape index (κ2) is 5.63. The standard InChI is InChI=1S/C14H11BrClNO2/c1-8-2-4-11(15)10(6-8)14(19)17-9-3-5-12(16)13(18)7-9/h2-7,18H,1H3,(H,17,19). The number of aromatic hydroxyl groups is 1. The second-order valence-corrected chi connectivity index (χ2v) is 5.37. The van der Waals surface area contributed by atoms with E-state index in [-0.39, 0.29) is 16.7 Å². The average molecular weight is 341 g/mol. The highest BCUT2D eigenvalue weighted by molar-refractivity contribution is 9.10. The van der Waals surface area contributed by atoms with Gasteiger partial charge in [0.25, 0.3) is 5.91 Å². The van der Waals surface area contributed by atoms with Gasteiger partial charge in [-0.05, 0) is 47.1 Å². The van der Waals surface area contributed by atoms with Crippen molar-refractivity contribution in [3.05, 3.63) is 57.0 Å². The van der Waals surface area contributed by atoms with Gasteiger partial charge in [-0.25, -0.2) is 0 Å². The Morgan fingerprint density at radius 3 is 2.68 bits per heavy atom. The van der Waals surface area contributed by atoms with Crippen LogP contribution in [0.5, 0.6) is 5.75 Å². The Bertz CT molecular complexity index is 643. The molecule has 0 radical (unpaired) electrons. The second-order valence-electron chi connectivity index (χ2n) is 4.10. The van der Waals surface area contributed by atoms with Crippen LogP contribution in [0.3, 0.4) is 0 Å². The molecule has 0 aliphatic carbocycles. The summed E-state index contributed by atoms with van der Waals surface area (Å²) in [7, 11) is 0. The number of anilines is 1. The molecule has 2 aromatic rings. The van der Waals surface area contributed by atoms with E-state index >= 15 is 0 Å². The maximum atomic E-state index is 12.1. The minimum atomic E-state index is -0.253. The van der Waals surface area contributed by atoms with E-state index in [0.29, 0.717) is 15.7 Å². The van der Waals surface area contributed by atoms with Crippen LogP contribution in [0.4, 0.5) is 5.69 Å². The van der Waals surface area contributed by atoms with Gasteiger partial charge >= 0.3 is 0 Å². The third-order valence-corrected chi connectivity index (χ3v) is 3.58. The van der Waals surface area contributed by atoms with E-state index in [4.69, 9.17) is 11.6 Å². The Kier molecular flexibility index (Phi) is 4.12. The summed E-state index contributed by atoms with van der Waals surface area (Å²) >= 11 is 9.05. The van der Waals surface area contributed by atoms with E-state index in [2.05, 4.69) is 21.2 Å². The summed E-state index contributed by atoms with van der Waals surface area (Å²) in [5.41, 5.74) is 2.02. The van der Waals surface area contributed by atoms with Crippen LogP contribution in [-0.2, 0) is 0 Å². The third-order valence-electron chi connectivity index (χ3n) is 2.57. The Balaban J connectivity index is 2.25. The van der Waals surface area contributed by atoms with E-state index in [1.54, 1.807) is 12.1 Å². The van der Waals surface area contributed by atoms with E-state index < -0.39 is 0 Å². The zero-order valence-corrected chi connectivity index (χ0v) is 12.4. The van der Waals surface area contributed by atoms with Gasteiger partial charge in [-0.15, -0.1) is 0 Å². The third kappa shape index (κ3) is 3.28. The first-order valence-electron chi connectivity index (χ1n) is 5.53. The largest absolute Gasteiger partial charge is 0.506 e. The van der Waals surface area contributed by atoms with Gasteiger partial charge < -0.3 is 10.4 Å². The predicted molar refractivity (Wildman–Crippen MR) is 79.9 cm³/mol. The van der Waals surface area contributed by atoms with E-state index in [1.165, 1.54) is 12.1 Å². The van der Waals surface area contributed by atoms with Crippen LogP contribution in [0.1, 0.15) is 15.9 Å². The fourth-order valence-electron chi connectivity index (χ4n) is 1.60. The summed E-state index contributed by atoms with van der Waals surface area (Å²) in [5.74, 6) is -0.319. The van der Waals surface area contributed by atoms with Crippen molar-refractivity contribution in [3.8, 4) is 5.75 Å². The van der Waals surface area contributed by atoms with Crippen molar-refractivity contribution in [1.82, 2.24) is 0 Å². The lowest BCUT2D eigenvalue weighted by Crippen LogP contribution is -2.12. The molecule has 0 saturated carbocycles. The minimum absolute atomic E-state index is 0.0669. The topological polar surface area (TPSA) is 49.3 Å². The first kappa shape index (κ1) is 13.9. The Hall–Kier alpha value is -1.52. The number of aryl methyl sites for hydroxylation is 1. The fourth-order valence-corrected chi connectivity index (χ4v) is 2.15. The SMILES string of the molecule is Cc1ccc(Br)c(C(=O)Nc2ccc(Cl)c(O)c2)c1. The van der Waals surface area contributed by atoms with Crippen LogP contribution in [0.2, 0.25) is 5.02 Å². The normalized spacial score (nSPS) is 10.3. The molecular weight excluding hydrogens is 330 g/mol. The molecule has 0 aliphatic rings. The van der Waals surface area contributed by atoms with Crippen molar-refractivity contribution in [2.24, 2.45) is 0 Å². The lowest BCUT2D eigenvalue weighted by Gasteiger charge is -2.08.